The van der Waals surface area contributed by atoms with Gasteiger partial charge in [-0.3, -0.25) is 4.79 Å². The number of pyridine rings is 1. The molecular weight excluding hydrogens is 336 g/mol. The van der Waals surface area contributed by atoms with Crippen molar-refractivity contribution < 1.29 is 4.79 Å². The van der Waals surface area contributed by atoms with Crippen LogP contribution in [0.5, 0.6) is 0 Å². The number of fused-ring (bicyclic) bond motifs is 1. The second kappa shape index (κ2) is 7.43. The van der Waals surface area contributed by atoms with Crippen LogP contribution in [0.2, 0.25) is 0 Å². The Balaban J connectivity index is 1.57. The van der Waals surface area contributed by atoms with Gasteiger partial charge in [0.25, 0.3) is 5.91 Å². The minimum Gasteiger partial charge on any atom is -0.359 e. The van der Waals surface area contributed by atoms with Gasteiger partial charge in [-0.25, -0.2) is 4.98 Å². The maximum absolute atomic E-state index is 12.8. The predicted octanol–water partition coefficient (Wildman–Crippen LogP) is 3.39. The molecule has 1 aromatic carbocycles. The molecule has 0 unspecified atom stereocenters. The highest BCUT2D eigenvalue weighted by atomic mass is 16.1. The number of carbonyl (C=O) groups excluding carboxylic acids is 1. The van der Waals surface area contributed by atoms with E-state index >= 15 is 0 Å². The van der Waals surface area contributed by atoms with Gasteiger partial charge in [0, 0.05) is 38.8 Å². The number of aromatic nitrogens is 2. The first kappa shape index (κ1) is 17.6. The van der Waals surface area contributed by atoms with Gasteiger partial charge in [-0.2, -0.15) is 0 Å². The Morgan fingerprint density at radius 1 is 1.26 bits per heavy atom. The molecule has 0 aliphatic heterocycles. The van der Waals surface area contributed by atoms with Crippen LogP contribution in [0.15, 0.2) is 48.7 Å². The minimum atomic E-state index is -0.00166. The maximum Gasteiger partial charge on any atom is 0.252 e. The van der Waals surface area contributed by atoms with E-state index in [0.717, 1.165) is 36.4 Å². The maximum atomic E-state index is 12.8. The van der Waals surface area contributed by atoms with Crippen LogP contribution in [0.4, 0.5) is 5.82 Å². The van der Waals surface area contributed by atoms with Gasteiger partial charge in [-0.15, -0.1) is 0 Å². The van der Waals surface area contributed by atoms with Crippen molar-refractivity contribution in [1.82, 2.24) is 14.9 Å². The third-order valence-electron chi connectivity index (χ3n) is 5.29. The number of nitrogens with one attached hydrogen (secondary N) is 1. The standard InChI is InChI=1S/C22H26N4O/c1-25(12-10-16-6-4-3-5-7-16)20-14-19(22(27)23-15-17-8-9-17)18-11-13-26(2)21(18)24-20/h3-7,11,13-14,17H,8-10,12,15H2,1-2H3,(H,23,27). The summed E-state index contributed by atoms with van der Waals surface area (Å²) in [6.45, 7) is 1.62. The quantitative estimate of drug-likeness (QED) is 0.701. The van der Waals surface area contributed by atoms with E-state index in [-0.39, 0.29) is 5.91 Å². The smallest absolute Gasteiger partial charge is 0.252 e. The summed E-state index contributed by atoms with van der Waals surface area (Å²) in [5.74, 6) is 1.49. The fourth-order valence-electron chi connectivity index (χ4n) is 3.31. The Bertz CT molecular complexity index is 944. The molecule has 0 spiro atoms. The summed E-state index contributed by atoms with van der Waals surface area (Å²) in [5, 5.41) is 4.00. The Morgan fingerprint density at radius 3 is 2.78 bits per heavy atom. The fourth-order valence-corrected chi connectivity index (χ4v) is 3.31. The molecule has 2 heterocycles. The van der Waals surface area contributed by atoms with E-state index in [1.54, 1.807) is 0 Å². The van der Waals surface area contributed by atoms with Crippen molar-refractivity contribution in [3.05, 3.63) is 59.8 Å². The lowest BCUT2D eigenvalue weighted by atomic mass is 10.1. The monoisotopic (exact) mass is 362 g/mol. The second-order valence-electron chi connectivity index (χ2n) is 7.50. The summed E-state index contributed by atoms with van der Waals surface area (Å²) in [6.07, 6.45) is 5.35. The van der Waals surface area contributed by atoms with Crippen LogP contribution < -0.4 is 10.2 Å². The molecule has 1 N–H and O–H groups in total. The largest absolute Gasteiger partial charge is 0.359 e. The van der Waals surface area contributed by atoms with Crippen LogP contribution in [0.25, 0.3) is 11.0 Å². The SMILES string of the molecule is CN(CCc1ccccc1)c1cc(C(=O)NCC2CC2)c2ccn(C)c2n1. The van der Waals surface area contributed by atoms with Gasteiger partial charge in [-0.05, 0) is 42.9 Å². The highest BCUT2D eigenvalue weighted by Crippen LogP contribution is 2.28. The average molecular weight is 362 g/mol. The molecule has 1 aliphatic carbocycles. The number of benzene rings is 1. The number of rotatable bonds is 7. The zero-order valence-corrected chi connectivity index (χ0v) is 16.0. The summed E-state index contributed by atoms with van der Waals surface area (Å²) >= 11 is 0. The number of hydrogen-bond donors (Lipinski definition) is 1. The van der Waals surface area contributed by atoms with Crippen LogP contribution in [0.3, 0.4) is 0 Å². The summed E-state index contributed by atoms with van der Waals surface area (Å²) < 4.78 is 1.97. The first-order valence-electron chi connectivity index (χ1n) is 9.61. The van der Waals surface area contributed by atoms with E-state index in [1.165, 1.54) is 18.4 Å². The lowest BCUT2D eigenvalue weighted by Crippen LogP contribution is -2.27. The molecule has 5 heteroatoms. The number of nitrogens with zero attached hydrogens (tertiary/aromatic N) is 3. The van der Waals surface area contributed by atoms with Crippen molar-refractivity contribution in [1.29, 1.82) is 0 Å². The van der Waals surface area contributed by atoms with Crippen molar-refractivity contribution in [3.63, 3.8) is 0 Å². The van der Waals surface area contributed by atoms with Gasteiger partial charge >= 0.3 is 0 Å². The Labute approximate surface area is 160 Å². The molecule has 5 nitrogen and oxygen atoms in total. The zero-order chi connectivity index (χ0) is 18.8. The lowest BCUT2D eigenvalue weighted by Gasteiger charge is -2.19. The number of anilines is 1. The zero-order valence-electron chi connectivity index (χ0n) is 16.0. The van der Waals surface area contributed by atoms with E-state index in [4.69, 9.17) is 4.98 Å². The Kier molecular flexibility index (Phi) is 4.84. The van der Waals surface area contributed by atoms with Gasteiger partial charge in [-0.1, -0.05) is 30.3 Å². The fraction of sp³-hybridized carbons (Fsp3) is 0.364. The van der Waals surface area contributed by atoms with E-state index < -0.39 is 0 Å². The van der Waals surface area contributed by atoms with Crippen LogP contribution >= 0.6 is 0 Å². The van der Waals surface area contributed by atoms with Gasteiger partial charge in [0.05, 0.1) is 5.56 Å². The normalized spacial score (nSPS) is 13.7. The third kappa shape index (κ3) is 3.97. The third-order valence-corrected chi connectivity index (χ3v) is 5.29. The van der Waals surface area contributed by atoms with Gasteiger partial charge < -0.3 is 14.8 Å². The van der Waals surface area contributed by atoms with Crippen LogP contribution in [-0.4, -0.2) is 35.6 Å². The molecule has 1 amide bonds. The van der Waals surface area contributed by atoms with Gasteiger partial charge in [0.1, 0.15) is 11.5 Å². The molecule has 1 saturated carbocycles. The summed E-state index contributed by atoms with van der Waals surface area (Å²) in [6, 6.07) is 14.3. The van der Waals surface area contributed by atoms with Crippen LogP contribution in [0, 0.1) is 5.92 Å². The number of aryl methyl sites for hydroxylation is 1. The summed E-state index contributed by atoms with van der Waals surface area (Å²) in [7, 11) is 4.00. The second-order valence-corrected chi connectivity index (χ2v) is 7.50. The molecule has 0 atom stereocenters. The molecule has 1 aliphatic rings. The predicted molar refractivity (Wildman–Crippen MR) is 109 cm³/mol. The van der Waals surface area contributed by atoms with Crippen molar-refractivity contribution in [2.75, 3.05) is 25.0 Å². The molecule has 1 fully saturated rings. The summed E-state index contributed by atoms with van der Waals surface area (Å²) in [4.78, 5) is 19.7. The lowest BCUT2D eigenvalue weighted by molar-refractivity contribution is 0.0953. The van der Waals surface area contributed by atoms with Crippen molar-refractivity contribution >= 4 is 22.8 Å². The van der Waals surface area contributed by atoms with E-state index in [9.17, 15) is 4.79 Å². The molecule has 4 rings (SSSR count). The number of likely N-dealkylation sites (N-methyl/N-ethyl adjacent to an activating group) is 1. The number of amides is 1. The highest BCUT2D eigenvalue weighted by molar-refractivity contribution is 6.06. The van der Waals surface area contributed by atoms with E-state index in [0.29, 0.717) is 11.5 Å². The number of hydrogen-bond acceptors (Lipinski definition) is 3. The molecular formula is C22H26N4O. The molecule has 0 bridgehead atoms. The van der Waals surface area contributed by atoms with Gasteiger partial charge in [0.15, 0.2) is 0 Å². The van der Waals surface area contributed by atoms with E-state index in [1.807, 2.05) is 43.1 Å². The van der Waals surface area contributed by atoms with Crippen molar-refractivity contribution in [2.45, 2.75) is 19.3 Å². The number of carbonyl (C=O) groups is 1. The first-order chi connectivity index (χ1) is 13.1. The molecule has 0 saturated heterocycles. The molecule has 2 aromatic heterocycles. The molecule has 0 radical (unpaired) electrons. The highest BCUT2D eigenvalue weighted by Gasteiger charge is 2.23. The molecule has 27 heavy (non-hydrogen) atoms. The Hall–Kier alpha value is -2.82. The summed E-state index contributed by atoms with van der Waals surface area (Å²) in [5.41, 5.74) is 2.85. The van der Waals surface area contributed by atoms with Crippen LogP contribution in [0.1, 0.15) is 28.8 Å². The minimum absolute atomic E-state index is 0.00166. The first-order valence-corrected chi connectivity index (χ1v) is 9.61. The van der Waals surface area contributed by atoms with Gasteiger partial charge in [0.2, 0.25) is 0 Å². The molecule has 3 aromatic rings. The Morgan fingerprint density at radius 2 is 2.04 bits per heavy atom. The van der Waals surface area contributed by atoms with E-state index in [2.05, 4.69) is 34.5 Å². The van der Waals surface area contributed by atoms with Crippen molar-refractivity contribution in [3.8, 4) is 0 Å². The topological polar surface area (TPSA) is 50.2 Å². The molecule has 140 valence electrons. The van der Waals surface area contributed by atoms with Crippen LogP contribution in [-0.2, 0) is 13.5 Å². The average Bonchev–Trinajstić information content (AvgIpc) is 3.46. The van der Waals surface area contributed by atoms with Crippen molar-refractivity contribution in [2.24, 2.45) is 13.0 Å².